The zero-order valence-corrected chi connectivity index (χ0v) is 20.0. The normalized spacial score (nSPS) is 20.8. The Labute approximate surface area is 199 Å². The van der Waals surface area contributed by atoms with Gasteiger partial charge < -0.3 is 4.90 Å². The summed E-state index contributed by atoms with van der Waals surface area (Å²) < 4.78 is 29.3. The number of likely N-dealkylation sites (tertiary alicyclic amines) is 1. The van der Waals surface area contributed by atoms with E-state index in [1.165, 1.54) is 0 Å². The number of rotatable bonds is 6. The number of carbonyl (C=O) groups excluding carboxylic acids is 1. The maximum Gasteiger partial charge on any atom is 0.264 e. The van der Waals surface area contributed by atoms with E-state index < -0.39 is 21.3 Å². The summed E-state index contributed by atoms with van der Waals surface area (Å²) in [6.45, 7) is 2.80. The molecule has 0 saturated carbocycles. The molecule has 0 spiro atoms. The molecule has 3 aromatic carbocycles. The van der Waals surface area contributed by atoms with Crippen LogP contribution in [-0.4, -0.2) is 38.9 Å². The van der Waals surface area contributed by atoms with E-state index in [0.29, 0.717) is 29.7 Å². The van der Waals surface area contributed by atoms with Gasteiger partial charge >= 0.3 is 0 Å². The lowest BCUT2D eigenvalue weighted by atomic mass is 9.78. The highest BCUT2D eigenvalue weighted by Crippen LogP contribution is 2.45. The molecule has 1 atom stereocenters. The van der Waals surface area contributed by atoms with Gasteiger partial charge in [0.2, 0.25) is 5.91 Å². The van der Waals surface area contributed by atoms with Crippen LogP contribution >= 0.6 is 11.6 Å². The van der Waals surface area contributed by atoms with Gasteiger partial charge in [0, 0.05) is 10.4 Å². The van der Waals surface area contributed by atoms with Gasteiger partial charge in [-0.3, -0.25) is 4.79 Å². The first kappa shape index (κ1) is 22.4. The Morgan fingerprint density at radius 3 is 2.55 bits per heavy atom. The van der Waals surface area contributed by atoms with Gasteiger partial charge in [-0.25, -0.2) is 13.1 Å². The second-order valence-electron chi connectivity index (χ2n) is 9.06. The molecule has 0 aromatic heterocycles. The highest BCUT2D eigenvalue weighted by atomic mass is 35.5. The summed E-state index contributed by atoms with van der Waals surface area (Å²) in [7, 11) is -4.06. The summed E-state index contributed by atoms with van der Waals surface area (Å²) in [5.41, 5.74) is 0.902. The van der Waals surface area contributed by atoms with Crippen molar-refractivity contribution >= 4 is 38.3 Å². The molecule has 1 aliphatic heterocycles. The molecule has 3 aromatic rings. The van der Waals surface area contributed by atoms with Crippen LogP contribution in [0.5, 0.6) is 0 Å². The van der Waals surface area contributed by atoms with Crippen LogP contribution in [0.3, 0.4) is 0 Å². The Balaban J connectivity index is 1.51. The van der Waals surface area contributed by atoms with Crippen molar-refractivity contribution in [2.75, 3.05) is 19.6 Å². The Morgan fingerprint density at radius 2 is 1.73 bits per heavy atom. The zero-order valence-electron chi connectivity index (χ0n) is 18.4. The number of hydrogen-bond donors (Lipinski definition) is 1. The molecule has 1 saturated heterocycles. The summed E-state index contributed by atoms with van der Waals surface area (Å²) in [6, 6.07) is 18.0. The number of amides is 1. The van der Waals surface area contributed by atoms with Crippen molar-refractivity contribution in [2.45, 2.75) is 42.4 Å². The number of halogens is 1. The molecule has 1 fully saturated rings. The fourth-order valence-electron chi connectivity index (χ4n) is 5.40. The summed E-state index contributed by atoms with van der Waals surface area (Å²) >= 11 is 6.46. The molecule has 5 rings (SSSR count). The molecule has 7 heteroatoms. The molecule has 0 bridgehead atoms. The van der Waals surface area contributed by atoms with Crippen molar-refractivity contribution in [3.05, 3.63) is 76.8 Å². The van der Waals surface area contributed by atoms with Gasteiger partial charge in [0.1, 0.15) is 0 Å². The summed E-state index contributed by atoms with van der Waals surface area (Å²) in [4.78, 5) is 16.3. The fourth-order valence-corrected chi connectivity index (χ4v) is 6.95. The topological polar surface area (TPSA) is 66.5 Å². The Kier molecular flexibility index (Phi) is 5.93. The maximum absolute atomic E-state index is 13.8. The zero-order chi connectivity index (χ0) is 23.1. The lowest BCUT2D eigenvalue weighted by molar-refractivity contribution is -0.125. The van der Waals surface area contributed by atoms with E-state index in [2.05, 4.69) is 9.62 Å². The van der Waals surface area contributed by atoms with Crippen molar-refractivity contribution in [2.24, 2.45) is 0 Å². The number of nitrogens with zero attached hydrogens (tertiary/aromatic N) is 1. The lowest BCUT2D eigenvalue weighted by Crippen LogP contribution is -2.47. The maximum atomic E-state index is 13.8. The number of fused-ring (bicyclic) bond motifs is 2. The average molecular weight is 483 g/mol. The lowest BCUT2D eigenvalue weighted by Gasteiger charge is -2.31. The first-order valence-electron chi connectivity index (χ1n) is 11.5. The SMILES string of the molecule is O=C(NS(=O)(=O)c1cccc2ccccc12)C1(CCN2CCCC2)CCc2c(Cl)cccc21. The van der Waals surface area contributed by atoms with E-state index >= 15 is 0 Å². The highest BCUT2D eigenvalue weighted by molar-refractivity contribution is 7.90. The summed E-state index contributed by atoms with van der Waals surface area (Å²) in [5.74, 6) is -0.462. The number of sulfonamides is 1. The Hall–Kier alpha value is -2.41. The average Bonchev–Trinajstić information content (AvgIpc) is 3.46. The number of hydrogen-bond acceptors (Lipinski definition) is 4. The predicted octanol–water partition coefficient (Wildman–Crippen LogP) is 4.67. The van der Waals surface area contributed by atoms with Gasteiger partial charge in [-0.15, -0.1) is 0 Å². The molecule has 172 valence electrons. The molecular formula is C26H27ClN2O3S. The monoisotopic (exact) mass is 482 g/mol. The molecule has 33 heavy (non-hydrogen) atoms. The van der Waals surface area contributed by atoms with Crippen molar-refractivity contribution in [3.63, 3.8) is 0 Å². The van der Waals surface area contributed by atoms with Gasteiger partial charge in [0.15, 0.2) is 0 Å². The van der Waals surface area contributed by atoms with E-state index in [1.807, 2.05) is 36.4 Å². The Morgan fingerprint density at radius 1 is 1.00 bits per heavy atom. The van der Waals surface area contributed by atoms with E-state index in [4.69, 9.17) is 11.6 Å². The molecule has 1 unspecified atom stereocenters. The van der Waals surface area contributed by atoms with Crippen LogP contribution in [-0.2, 0) is 26.7 Å². The van der Waals surface area contributed by atoms with Gasteiger partial charge in [-0.05, 0) is 80.4 Å². The molecule has 1 N–H and O–H groups in total. The highest BCUT2D eigenvalue weighted by Gasteiger charge is 2.47. The third-order valence-electron chi connectivity index (χ3n) is 7.19. The Bertz CT molecular complexity index is 1310. The second-order valence-corrected chi connectivity index (χ2v) is 11.1. The smallest absolute Gasteiger partial charge is 0.264 e. The standard InChI is InChI=1S/C26H27ClN2O3S/c27-23-11-6-10-22-21(23)13-14-26(22,15-18-29-16-3-4-17-29)25(30)28-33(31,32)24-12-5-8-19-7-1-2-9-20(19)24/h1-2,5-12H,3-4,13-18H2,(H,28,30). The third-order valence-corrected chi connectivity index (χ3v) is 8.93. The predicted molar refractivity (Wildman–Crippen MR) is 131 cm³/mol. The summed E-state index contributed by atoms with van der Waals surface area (Å²) in [5, 5.41) is 2.05. The quantitative estimate of drug-likeness (QED) is 0.554. The van der Waals surface area contributed by atoms with Crippen molar-refractivity contribution < 1.29 is 13.2 Å². The van der Waals surface area contributed by atoms with Crippen LogP contribution in [0.15, 0.2) is 65.6 Å². The van der Waals surface area contributed by atoms with Crippen LogP contribution in [0, 0.1) is 0 Å². The minimum atomic E-state index is -4.06. The van der Waals surface area contributed by atoms with Crippen LogP contribution in [0.25, 0.3) is 10.8 Å². The van der Waals surface area contributed by atoms with E-state index in [1.54, 1.807) is 24.3 Å². The molecule has 0 radical (unpaired) electrons. The minimum absolute atomic E-state index is 0.118. The molecule has 1 amide bonds. The summed E-state index contributed by atoms with van der Waals surface area (Å²) in [6.07, 6.45) is 4.11. The largest absolute Gasteiger partial charge is 0.303 e. The second kappa shape index (κ2) is 8.75. The van der Waals surface area contributed by atoms with Gasteiger partial charge in [0.05, 0.1) is 10.3 Å². The van der Waals surface area contributed by atoms with Crippen molar-refractivity contribution in [3.8, 4) is 0 Å². The minimum Gasteiger partial charge on any atom is -0.303 e. The molecule has 1 heterocycles. The number of benzene rings is 3. The number of carbonyl (C=O) groups is 1. The molecule has 5 nitrogen and oxygen atoms in total. The van der Waals surface area contributed by atoms with Crippen molar-refractivity contribution in [1.29, 1.82) is 0 Å². The first-order chi connectivity index (χ1) is 15.9. The van der Waals surface area contributed by atoms with E-state index in [0.717, 1.165) is 49.0 Å². The molecule has 2 aliphatic rings. The van der Waals surface area contributed by atoms with Crippen LogP contribution in [0.2, 0.25) is 5.02 Å². The molecular weight excluding hydrogens is 456 g/mol. The van der Waals surface area contributed by atoms with E-state index in [-0.39, 0.29) is 4.90 Å². The van der Waals surface area contributed by atoms with Crippen LogP contribution in [0.4, 0.5) is 0 Å². The van der Waals surface area contributed by atoms with Gasteiger partial charge in [-0.1, -0.05) is 60.1 Å². The third kappa shape index (κ3) is 4.05. The fraction of sp³-hybridized carbons (Fsp3) is 0.346. The first-order valence-corrected chi connectivity index (χ1v) is 13.3. The van der Waals surface area contributed by atoms with Gasteiger partial charge in [-0.2, -0.15) is 0 Å². The van der Waals surface area contributed by atoms with Crippen molar-refractivity contribution in [1.82, 2.24) is 9.62 Å². The molecule has 1 aliphatic carbocycles. The van der Waals surface area contributed by atoms with Crippen LogP contribution < -0.4 is 4.72 Å². The number of nitrogens with one attached hydrogen (secondary N) is 1. The van der Waals surface area contributed by atoms with Crippen LogP contribution in [0.1, 0.15) is 36.8 Å². The van der Waals surface area contributed by atoms with Gasteiger partial charge in [0.25, 0.3) is 10.0 Å². The van der Waals surface area contributed by atoms with E-state index in [9.17, 15) is 13.2 Å².